The van der Waals surface area contributed by atoms with Gasteiger partial charge in [-0.05, 0) is 69.2 Å². The second kappa shape index (κ2) is 12.3. The van der Waals surface area contributed by atoms with Crippen molar-refractivity contribution in [3.05, 3.63) is 71.8 Å². The third-order valence-electron chi connectivity index (χ3n) is 3.74. The van der Waals surface area contributed by atoms with Crippen LogP contribution in [0, 0.1) is 11.8 Å². The van der Waals surface area contributed by atoms with Gasteiger partial charge in [-0.25, -0.2) is 19.6 Å². The molecule has 0 saturated carbocycles. The topological polar surface area (TPSA) is 54.0 Å². The maximum Gasteiger partial charge on any atom is 0.193 e. The molecule has 34 heavy (non-hydrogen) atoms. The van der Waals surface area contributed by atoms with E-state index in [9.17, 15) is 4.79 Å². The molecular weight excluding hydrogens is 428 g/mol. The molecule has 2 aromatic carbocycles. The quantitative estimate of drug-likeness (QED) is 0.199. The number of hydrogen-bond acceptors (Lipinski definition) is 5. The largest absolute Gasteiger partial charge is 0.289 e. The van der Waals surface area contributed by atoms with Crippen LogP contribution in [0.1, 0.15) is 85.2 Å². The summed E-state index contributed by atoms with van der Waals surface area (Å²) < 4.78 is 0. The van der Waals surface area contributed by atoms with Crippen LogP contribution in [-0.2, 0) is 19.6 Å². The Balaban J connectivity index is 0.000000358. The van der Waals surface area contributed by atoms with Crippen LogP contribution in [0.3, 0.4) is 0 Å². The van der Waals surface area contributed by atoms with Crippen molar-refractivity contribution in [2.24, 2.45) is 0 Å². The van der Waals surface area contributed by atoms with Crippen molar-refractivity contribution in [1.29, 1.82) is 0 Å². The molecule has 0 radical (unpaired) electrons. The molecule has 5 heteroatoms. The molecular formula is C29H40O5. The van der Waals surface area contributed by atoms with Gasteiger partial charge in [0, 0.05) is 11.1 Å². The molecule has 0 amide bonds. The van der Waals surface area contributed by atoms with E-state index in [2.05, 4.69) is 11.8 Å². The summed E-state index contributed by atoms with van der Waals surface area (Å²) in [5.74, 6) is 6.09. The number of carbonyl (C=O) groups excluding carboxylic acids is 1. The summed E-state index contributed by atoms with van der Waals surface area (Å²) in [6.45, 7) is 18.9. The van der Waals surface area contributed by atoms with Crippen molar-refractivity contribution in [2.75, 3.05) is 0 Å². The van der Waals surface area contributed by atoms with Gasteiger partial charge in [-0.3, -0.25) is 4.79 Å². The molecule has 0 bridgehead atoms. The zero-order valence-electron chi connectivity index (χ0n) is 22.3. The second-order valence-corrected chi connectivity index (χ2v) is 10.9. The van der Waals surface area contributed by atoms with Gasteiger partial charge in [0.05, 0.1) is 11.2 Å². The van der Waals surface area contributed by atoms with Gasteiger partial charge in [0.15, 0.2) is 17.0 Å². The maximum atomic E-state index is 11.8. The predicted octanol–water partition coefficient (Wildman–Crippen LogP) is 6.96. The van der Waals surface area contributed by atoms with Gasteiger partial charge in [0.1, 0.15) is 0 Å². The lowest BCUT2D eigenvalue weighted by atomic mass is 10.0. The van der Waals surface area contributed by atoms with Crippen LogP contribution in [0.25, 0.3) is 0 Å². The summed E-state index contributed by atoms with van der Waals surface area (Å²) in [5, 5.41) is 0. The summed E-state index contributed by atoms with van der Waals surface area (Å²) in [7, 11) is 0. The van der Waals surface area contributed by atoms with Crippen molar-refractivity contribution in [3.63, 3.8) is 0 Å². The van der Waals surface area contributed by atoms with Gasteiger partial charge in [-0.2, -0.15) is 0 Å². The highest BCUT2D eigenvalue weighted by atomic mass is 17.2. The SMILES string of the molecule is CC(C)(C)OOC(C)(C)C#CC(C)(C)OOC(C)(C)C.O=C(c1ccccc1)c1ccccc1. The molecule has 0 heterocycles. The highest BCUT2D eigenvalue weighted by Crippen LogP contribution is 2.18. The highest BCUT2D eigenvalue weighted by molar-refractivity contribution is 6.08. The van der Waals surface area contributed by atoms with Gasteiger partial charge in [-0.1, -0.05) is 72.5 Å². The average molecular weight is 469 g/mol. The molecule has 0 unspecified atom stereocenters. The monoisotopic (exact) mass is 468 g/mol. The predicted molar refractivity (Wildman–Crippen MR) is 136 cm³/mol. The van der Waals surface area contributed by atoms with Crippen LogP contribution < -0.4 is 0 Å². The molecule has 0 fully saturated rings. The lowest BCUT2D eigenvalue weighted by molar-refractivity contribution is -0.386. The Morgan fingerprint density at radius 3 is 1.09 bits per heavy atom. The third-order valence-corrected chi connectivity index (χ3v) is 3.74. The zero-order chi connectivity index (χ0) is 26.0. The molecule has 0 aromatic heterocycles. The van der Waals surface area contributed by atoms with Crippen molar-refractivity contribution >= 4 is 5.78 Å². The average Bonchev–Trinajstić information content (AvgIpc) is 2.76. The van der Waals surface area contributed by atoms with Crippen LogP contribution in [-0.4, -0.2) is 28.2 Å². The first-order valence-corrected chi connectivity index (χ1v) is 11.4. The lowest BCUT2D eigenvalue weighted by Crippen LogP contribution is -2.32. The summed E-state index contributed by atoms with van der Waals surface area (Å²) in [5.41, 5.74) is -0.733. The fraction of sp³-hybridized carbons (Fsp3) is 0.483. The van der Waals surface area contributed by atoms with E-state index in [0.29, 0.717) is 0 Å². The van der Waals surface area contributed by atoms with Crippen molar-refractivity contribution in [2.45, 2.75) is 91.6 Å². The Morgan fingerprint density at radius 1 is 0.529 bits per heavy atom. The number of benzene rings is 2. The highest BCUT2D eigenvalue weighted by Gasteiger charge is 2.25. The summed E-state index contributed by atoms with van der Waals surface area (Å²) >= 11 is 0. The molecule has 5 nitrogen and oxygen atoms in total. The third kappa shape index (κ3) is 13.3. The van der Waals surface area contributed by atoms with Crippen LogP contribution >= 0.6 is 0 Å². The van der Waals surface area contributed by atoms with E-state index in [1.807, 2.05) is 130 Å². The molecule has 2 aromatic rings. The van der Waals surface area contributed by atoms with Gasteiger partial charge in [0.25, 0.3) is 0 Å². The summed E-state index contributed by atoms with van der Waals surface area (Å²) in [6.07, 6.45) is 0. The fourth-order valence-electron chi connectivity index (χ4n) is 2.15. The maximum absolute atomic E-state index is 11.8. The van der Waals surface area contributed by atoms with Gasteiger partial charge in [-0.15, -0.1) is 0 Å². The van der Waals surface area contributed by atoms with Crippen LogP contribution in [0.5, 0.6) is 0 Å². The normalized spacial score (nSPS) is 12.2. The molecule has 0 aliphatic carbocycles. The van der Waals surface area contributed by atoms with Gasteiger partial charge < -0.3 is 0 Å². The van der Waals surface area contributed by atoms with Crippen LogP contribution in [0.2, 0.25) is 0 Å². The van der Waals surface area contributed by atoms with Crippen LogP contribution in [0.15, 0.2) is 60.7 Å². The first-order valence-electron chi connectivity index (χ1n) is 11.4. The van der Waals surface area contributed by atoms with E-state index >= 15 is 0 Å². The summed E-state index contributed by atoms with van der Waals surface area (Å²) in [6, 6.07) is 18.6. The molecule has 0 N–H and O–H groups in total. The molecule has 2 rings (SSSR count). The zero-order valence-corrected chi connectivity index (χ0v) is 22.3. The lowest BCUT2D eigenvalue weighted by Gasteiger charge is -2.26. The molecule has 0 aliphatic rings. The minimum absolute atomic E-state index is 0.0752. The van der Waals surface area contributed by atoms with Crippen molar-refractivity contribution < 1.29 is 24.3 Å². The van der Waals surface area contributed by atoms with E-state index in [4.69, 9.17) is 19.6 Å². The Kier molecular flexibility index (Phi) is 10.7. The Morgan fingerprint density at radius 2 is 0.824 bits per heavy atom. The number of hydrogen-bond donors (Lipinski definition) is 0. The number of carbonyl (C=O) groups is 1. The molecule has 0 atom stereocenters. The molecule has 0 spiro atoms. The first-order chi connectivity index (χ1) is 15.5. The van der Waals surface area contributed by atoms with E-state index < -0.39 is 11.2 Å². The molecule has 0 aliphatic heterocycles. The van der Waals surface area contributed by atoms with Gasteiger partial charge >= 0.3 is 0 Å². The fourth-order valence-corrected chi connectivity index (χ4v) is 2.15. The van der Waals surface area contributed by atoms with Gasteiger partial charge in [0.2, 0.25) is 0 Å². The van der Waals surface area contributed by atoms with E-state index in [-0.39, 0.29) is 17.0 Å². The number of rotatable bonds is 6. The minimum atomic E-state index is -0.727. The van der Waals surface area contributed by atoms with E-state index in [1.165, 1.54) is 0 Å². The smallest absolute Gasteiger partial charge is 0.193 e. The minimum Gasteiger partial charge on any atom is -0.289 e. The first kappa shape index (κ1) is 29.5. The Bertz CT molecular complexity index is 862. The van der Waals surface area contributed by atoms with E-state index in [1.54, 1.807) is 0 Å². The second-order valence-electron chi connectivity index (χ2n) is 10.9. The standard InChI is InChI=1S/C16H30O4.C13H10O/c1-13(2,3)17-19-15(7,8)11-12-16(9,10)20-18-14(4,5)6;14-13(11-7-3-1-4-8-11)12-9-5-2-6-10-12/h1-10H3;1-10H. The van der Waals surface area contributed by atoms with Crippen molar-refractivity contribution in [1.82, 2.24) is 0 Å². The summed E-state index contributed by atoms with van der Waals surface area (Å²) in [4.78, 5) is 33.2. The van der Waals surface area contributed by atoms with Crippen molar-refractivity contribution in [3.8, 4) is 11.8 Å². The van der Waals surface area contributed by atoms with E-state index in [0.717, 1.165) is 11.1 Å². The molecule has 186 valence electrons. The molecule has 0 saturated heterocycles. The Labute approximate surface area is 205 Å². The van der Waals surface area contributed by atoms with Crippen LogP contribution in [0.4, 0.5) is 0 Å². The Hall–Kier alpha value is -2.49. The number of ketones is 1.